The van der Waals surface area contributed by atoms with E-state index in [9.17, 15) is 13.2 Å². The molecule has 0 saturated carbocycles. The van der Waals surface area contributed by atoms with Crippen molar-refractivity contribution >= 4 is 15.7 Å². The van der Waals surface area contributed by atoms with E-state index in [1.807, 2.05) is 35.2 Å². The maximum absolute atomic E-state index is 13.3. The van der Waals surface area contributed by atoms with Crippen molar-refractivity contribution < 1.29 is 13.2 Å². The first-order valence-corrected chi connectivity index (χ1v) is 13.1. The molecule has 2 aliphatic heterocycles. The molecule has 5 nitrogen and oxygen atoms in total. The van der Waals surface area contributed by atoms with E-state index in [2.05, 4.69) is 35.2 Å². The Hall–Kier alpha value is -2.18. The topological polar surface area (TPSA) is 57.7 Å². The van der Waals surface area contributed by atoms with Gasteiger partial charge in [0.25, 0.3) is 0 Å². The van der Waals surface area contributed by atoms with Crippen LogP contribution in [0.5, 0.6) is 0 Å². The summed E-state index contributed by atoms with van der Waals surface area (Å²) in [5.74, 6) is 0.980. The van der Waals surface area contributed by atoms with Crippen molar-refractivity contribution in [3.8, 4) is 0 Å². The second-order valence-corrected chi connectivity index (χ2v) is 11.2. The van der Waals surface area contributed by atoms with Crippen LogP contribution in [0.15, 0.2) is 60.7 Å². The molecule has 6 heteroatoms. The van der Waals surface area contributed by atoms with Gasteiger partial charge in [0.15, 0.2) is 9.84 Å². The van der Waals surface area contributed by atoms with Crippen LogP contribution >= 0.6 is 0 Å². The zero-order valence-corrected chi connectivity index (χ0v) is 18.8. The number of benzene rings is 2. The molecule has 1 amide bonds. The molecular weight excluding hydrogens is 408 g/mol. The van der Waals surface area contributed by atoms with E-state index in [0.29, 0.717) is 25.4 Å². The van der Waals surface area contributed by atoms with Crippen LogP contribution in [-0.2, 0) is 27.6 Å². The molecule has 0 bridgehead atoms. The number of piperidine rings is 1. The third-order valence-electron chi connectivity index (χ3n) is 6.60. The second-order valence-electron chi connectivity index (χ2n) is 8.97. The van der Waals surface area contributed by atoms with Crippen molar-refractivity contribution in [2.24, 2.45) is 5.92 Å². The van der Waals surface area contributed by atoms with E-state index in [1.54, 1.807) is 0 Å². The number of hydrogen-bond donors (Lipinski definition) is 0. The Labute approximate surface area is 186 Å². The van der Waals surface area contributed by atoms with Crippen molar-refractivity contribution in [1.82, 2.24) is 9.80 Å². The third kappa shape index (κ3) is 6.17. The molecule has 4 rings (SSSR count). The number of carbonyl (C=O) groups is 1. The largest absolute Gasteiger partial charge is 0.333 e. The summed E-state index contributed by atoms with van der Waals surface area (Å²) in [4.78, 5) is 17.3. The quantitative estimate of drug-likeness (QED) is 0.664. The minimum Gasteiger partial charge on any atom is -0.333 e. The lowest BCUT2D eigenvalue weighted by Gasteiger charge is -2.35. The normalized spacial score (nSPS) is 21.7. The highest BCUT2D eigenvalue weighted by atomic mass is 32.2. The van der Waals surface area contributed by atoms with Gasteiger partial charge in [0, 0.05) is 12.6 Å². The highest BCUT2D eigenvalue weighted by molar-refractivity contribution is 7.91. The molecule has 0 aromatic heterocycles. The fourth-order valence-corrected chi connectivity index (χ4v) is 6.53. The van der Waals surface area contributed by atoms with Crippen molar-refractivity contribution in [1.29, 1.82) is 0 Å². The van der Waals surface area contributed by atoms with Gasteiger partial charge in [-0.3, -0.25) is 9.69 Å². The molecule has 0 aliphatic carbocycles. The van der Waals surface area contributed by atoms with Gasteiger partial charge < -0.3 is 4.90 Å². The van der Waals surface area contributed by atoms with Crippen molar-refractivity contribution in [2.75, 3.05) is 31.1 Å². The van der Waals surface area contributed by atoms with E-state index in [4.69, 9.17) is 0 Å². The lowest BCUT2D eigenvalue weighted by molar-refractivity contribution is -0.135. The Morgan fingerprint density at radius 2 is 1.52 bits per heavy atom. The maximum Gasteiger partial charge on any atom is 0.237 e. The van der Waals surface area contributed by atoms with Crippen LogP contribution in [0.25, 0.3) is 0 Å². The monoisotopic (exact) mass is 440 g/mol. The first-order chi connectivity index (χ1) is 15.0. The first kappa shape index (κ1) is 22.0. The van der Waals surface area contributed by atoms with E-state index < -0.39 is 9.84 Å². The van der Waals surface area contributed by atoms with Crippen LogP contribution in [0.4, 0.5) is 0 Å². The Balaban J connectivity index is 1.35. The molecule has 1 unspecified atom stereocenters. The minimum absolute atomic E-state index is 0.0486. The van der Waals surface area contributed by atoms with Gasteiger partial charge in [-0.15, -0.1) is 0 Å². The zero-order valence-electron chi connectivity index (χ0n) is 18.0. The Bertz CT molecular complexity index is 955. The maximum atomic E-state index is 13.3. The molecule has 166 valence electrons. The summed E-state index contributed by atoms with van der Waals surface area (Å²) >= 11 is 0. The molecule has 2 aliphatic rings. The SMILES string of the molecule is O=C(CN1CCC(Cc2ccccc2)CC1)N(Cc1ccccc1)C1CCS(=O)(=O)C1. The van der Waals surface area contributed by atoms with Crippen LogP contribution in [0.2, 0.25) is 0 Å². The number of rotatable bonds is 7. The molecule has 0 N–H and O–H groups in total. The van der Waals surface area contributed by atoms with Crippen LogP contribution in [0.1, 0.15) is 30.4 Å². The fourth-order valence-electron chi connectivity index (χ4n) is 4.80. The molecule has 31 heavy (non-hydrogen) atoms. The Morgan fingerprint density at radius 3 is 2.10 bits per heavy atom. The number of likely N-dealkylation sites (tertiary alicyclic amines) is 1. The summed E-state index contributed by atoms with van der Waals surface area (Å²) in [7, 11) is -3.04. The standard InChI is InChI=1S/C25H32N2O3S/c28-25(19-26-14-11-22(12-15-26)17-21-7-3-1-4-8-21)27(18-23-9-5-2-6-10-23)24-13-16-31(29,30)20-24/h1-10,22,24H,11-20H2. The van der Waals surface area contributed by atoms with Crippen molar-refractivity contribution in [3.05, 3.63) is 71.8 Å². The molecule has 2 aromatic rings. The van der Waals surface area contributed by atoms with Gasteiger partial charge in [-0.25, -0.2) is 8.42 Å². The van der Waals surface area contributed by atoms with Gasteiger partial charge in [-0.1, -0.05) is 60.7 Å². The van der Waals surface area contributed by atoms with E-state index in [-0.39, 0.29) is 23.5 Å². The summed E-state index contributed by atoms with van der Waals surface area (Å²) in [6.45, 7) is 2.70. The van der Waals surface area contributed by atoms with Crippen LogP contribution in [0, 0.1) is 5.92 Å². The molecule has 2 saturated heterocycles. The zero-order chi connectivity index (χ0) is 21.7. The molecule has 2 aromatic carbocycles. The van der Waals surface area contributed by atoms with Gasteiger partial charge in [0.05, 0.1) is 18.1 Å². The van der Waals surface area contributed by atoms with E-state index >= 15 is 0 Å². The van der Waals surface area contributed by atoms with Crippen molar-refractivity contribution in [2.45, 2.75) is 38.3 Å². The fraction of sp³-hybridized carbons (Fsp3) is 0.480. The molecular formula is C25H32N2O3S. The smallest absolute Gasteiger partial charge is 0.237 e. The van der Waals surface area contributed by atoms with Crippen molar-refractivity contribution in [3.63, 3.8) is 0 Å². The summed E-state index contributed by atoms with van der Waals surface area (Å²) in [5.41, 5.74) is 2.43. The van der Waals surface area contributed by atoms with E-state index in [0.717, 1.165) is 37.9 Å². The van der Waals surface area contributed by atoms with Gasteiger partial charge in [-0.2, -0.15) is 0 Å². The average molecular weight is 441 g/mol. The summed E-state index contributed by atoms with van der Waals surface area (Å²) in [6.07, 6.45) is 3.83. The molecule has 0 radical (unpaired) electrons. The summed E-state index contributed by atoms with van der Waals surface area (Å²) < 4.78 is 24.1. The number of hydrogen-bond acceptors (Lipinski definition) is 4. The number of carbonyl (C=O) groups excluding carboxylic acids is 1. The molecule has 2 heterocycles. The predicted molar refractivity (Wildman–Crippen MR) is 123 cm³/mol. The Morgan fingerprint density at radius 1 is 0.903 bits per heavy atom. The van der Waals surface area contributed by atoms with Crippen LogP contribution < -0.4 is 0 Å². The lowest BCUT2D eigenvalue weighted by Crippen LogP contribution is -2.47. The lowest BCUT2D eigenvalue weighted by atomic mass is 9.90. The van der Waals surface area contributed by atoms with Gasteiger partial charge in [0.1, 0.15) is 0 Å². The predicted octanol–water partition coefficient (Wildman–Crippen LogP) is 3.16. The third-order valence-corrected chi connectivity index (χ3v) is 8.35. The van der Waals surface area contributed by atoms with Gasteiger partial charge in [0.2, 0.25) is 5.91 Å². The molecule has 2 fully saturated rings. The average Bonchev–Trinajstić information content (AvgIpc) is 3.14. The molecule has 1 atom stereocenters. The Kier molecular flexibility index (Phi) is 7.08. The number of amides is 1. The highest BCUT2D eigenvalue weighted by Crippen LogP contribution is 2.24. The van der Waals surface area contributed by atoms with Gasteiger partial charge in [-0.05, 0) is 55.8 Å². The number of sulfone groups is 1. The first-order valence-electron chi connectivity index (χ1n) is 11.3. The van der Waals surface area contributed by atoms with Crippen LogP contribution in [0.3, 0.4) is 0 Å². The molecule has 0 spiro atoms. The summed E-state index contributed by atoms with van der Waals surface area (Å²) in [5, 5.41) is 0. The second kappa shape index (κ2) is 9.96. The number of nitrogens with zero attached hydrogens (tertiary/aromatic N) is 2. The highest BCUT2D eigenvalue weighted by Gasteiger charge is 2.35. The van der Waals surface area contributed by atoms with E-state index in [1.165, 1.54) is 5.56 Å². The minimum atomic E-state index is -3.04. The summed E-state index contributed by atoms with van der Waals surface area (Å²) in [6, 6.07) is 20.3. The van der Waals surface area contributed by atoms with Gasteiger partial charge >= 0.3 is 0 Å². The van der Waals surface area contributed by atoms with Crippen LogP contribution in [-0.4, -0.2) is 61.3 Å².